The Morgan fingerprint density at radius 2 is 2.05 bits per heavy atom. The molecular weight excluding hydrogens is 346 g/mol. The molecule has 0 aliphatic rings. The van der Waals surface area contributed by atoms with Crippen molar-refractivity contribution >= 4 is 33.4 Å². The van der Waals surface area contributed by atoms with Crippen LogP contribution in [0.2, 0.25) is 0 Å². The Labute approximate surface area is 121 Å². The third kappa shape index (κ3) is 4.87. The van der Waals surface area contributed by atoms with E-state index >= 15 is 0 Å². The summed E-state index contributed by atoms with van der Waals surface area (Å²) in [6, 6.07) is 3.33. The van der Waals surface area contributed by atoms with Crippen molar-refractivity contribution in [3.63, 3.8) is 0 Å². The van der Waals surface area contributed by atoms with Gasteiger partial charge in [-0.05, 0) is 18.2 Å². The minimum absolute atomic E-state index is 0.0465. The first-order chi connectivity index (χ1) is 8.86. The summed E-state index contributed by atoms with van der Waals surface area (Å²) in [7, 11) is 0. The normalized spacial score (nSPS) is 11.8. The molecule has 7 heteroatoms. The Morgan fingerprint density at radius 1 is 1.37 bits per heavy atom. The van der Waals surface area contributed by atoms with Crippen molar-refractivity contribution in [1.82, 2.24) is 5.32 Å². The van der Waals surface area contributed by atoms with Gasteiger partial charge in [0.2, 0.25) is 0 Å². The first-order valence-electron chi connectivity index (χ1n) is 5.22. The number of carbonyl (C=O) groups is 1. The Morgan fingerprint density at radius 3 is 2.63 bits per heavy atom. The number of allylic oxidation sites excluding steroid dienone is 1. The van der Waals surface area contributed by atoms with E-state index in [2.05, 4.69) is 21.2 Å². The fourth-order valence-electron chi connectivity index (χ4n) is 1.28. The number of hydrogen-bond acceptors (Lipinski definition) is 1. The van der Waals surface area contributed by atoms with Crippen molar-refractivity contribution in [3.8, 4) is 0 Å². The molecule has 0 aromatic heterocycles. The number of alkyl halides is 4. The summed E-state index contributed by atoms with van der Waals surface area (Å²) in [5.74, 6) is -0.260. The third-order valence-electron chi connectivity index (χ3n) is 2.17. The number of amides is 1. The quantitative estimate of drug-likeness (QED) is 0.641. The molecule has 0 spiro atoms. The maximum atomic E-state index is 12.7. The molecule has 0 saturated heterocycles. The van der Waals surface area contributed by atoms with Crippen LogP contribution in [0.25, 0.3) is 0 Å². The molecule has 0 heterocycles. The molecule has 1 aromatic carbocycles. The van der Waals surface area contributed by atoms with Crippen LogP contribution < -0.4 is 5.32 Å². The van der Waals surface area contributed by atoms with E-state index in [1.165, 1.54) is 12.1 Å². The molecule has 0 atom stereocenters. The summed E-state index contributed by atoms with van der Waals surface area (Å²) < 4.78 is 37.9. The van der Waals surface area contributed by atoms with E-state index < -0.39 is 17.6 Å². The van der Waals surface area contributed by atoms with Crippen LogP contribution in [0.4, 0.5) is 13.2 Å². The van der Waals surface area contributed by atoms with Gasteiger partial charge in [0.25, 0.3) is 5.91 Å². The van der Waals surface area contributed by atoms with E-state index in [-0.39, 0.29) is 16.6 Å². The summed E-state index contributed by atoms with van der Waals surface area (Å²) in [6.45, 7) is 0.211. The molecule has 1 N–H and O–H groups in total. The first kappa shape index (κ1) is 16.0. The number of halogens is 5. The van der Waals surface area contributed by atoms with Gasteiger partial charge in [0.15, 0.2) is 0 Å². The van der Waals surface area contributed by atoms with Crippen LogP contribution >= 0.6 is 27.5 Å². The Bertz CT molecular complexity index is 488. The van der Waals surface area contributed by atoms with Crippen LogP contribution in [0.5, 0.6) is 0 Å². The van der Waals surface area contributed by atoms with Gasteiger partial charge in [-0.3, -0.25) is 4.79 Å². The van der Waals surface area contributed by atoms with Gasteiger partial charge in [0.1, 0.15) is 0 Å². The van der Waals surface area contributed by atoms with Crippen LogP contribution in [0.1, 0.15) is 15.9 Å². The van der Waals surface area contributed by atoms with Gasteiger partial charge in [-0.15, -0.1) is 11.6 Å². The van der Waals surface area contributed by atoms with E-state index in [0.717, 1.165) is 6.07 Å². The summed E-state index contributed by atoms with van der Waals surface area (Å²) in [4.78, 5) is 11.6. The van der Waals surface area contributed by atoms with Crippen molar-refractivity contribution in [3.05, 3.63) is 46.0 Å². The Kier molecular flexibility index (Phi) is 5.87. The molecule has 1 amide bonds. The highest BCUT2D eigenvalue weighted by atomic mass is 79.9. The summed E-state index contributed by atoms with van der Waals surface area (Å²) in [5, 5.41) is 2.46. The highest BCUT2D eigenvalue weighted by molar-refractivity contribution is 9.10. The van der Waals surface area contributed by atoms with Gasteiger partial charge in [-0.1, -0.05) is 28.1 Å². The first-order valence-corrected chi connectivity index (χ1v) is 6.55. The maximum absolute atomic E-state index is 12.7. The summed E-state index contributed by atoms with van der Waals surface area (Å²) in [5.41, 5.74) is -0.925. The van der Waals surface area contributed by atoms with Crippen LogP contribution in [-0.4, -0.2) is 18.3 Å². The molecule has 0 unspecified atom stereocenters. The zero-order valence-corrected chi connectivity index (χ0v) is 11.9. The average Bonchev–Trinajstić information content (AvgIpc) is 2.33. The van der Waals surface area contributed by atoms with E-state index in [9.17, 15) is 18.0 Å². The van der Waals surface area contributed by atoms with Crippen LogP contribution in [-0.2, 0) is 6.18 Å². The van der Waals surface area contributed by atoms with Crippen molar-refractivity contribution in [1.29, 1.82) is 0 Å². The lowest BCUT2D eigenvalue weighted by atomic mass is 10.1. The molecule has 0 fully saturated rings. The summed E-state index contributed by atoms with van der Waals surface area (Å²) >= 11 is 8.20. The van der Waals surface area contributed by atoms with Crippen LogP contribution in [0, 0.1) is 0 Å². The second-order valence-electron chi connectivity index (χ2n) is 3.53. The van der Waals surface area contributed by atoms with Gasteiger partial charge < -0.3 is 5.32 Å². The minimum Gasteiger partial charge on any atom is -0.349 e. The minimum atomic E-state index is -4.51. The number of benzene rings is 1. The molecule has 104 valence electrons. The molecular formula is C12H10BrClF3NO. The molecule has 0 radical (unpaired) electrons. The SMILES string of the molecule is O=C(NC/C=C/CCl)c1ccc(Br)c(C(F)(F)F)c1. The second kappa shape index (κ2) is 6.96. The smallest absolute Gasteiger partial charge is 0.349 e. The molecule has 0 aliphatic heterocycles. The predicted molar refractivity (Wildman–Crippen MR) is 71.3 cm³/mol. The standard InChI is InChI=1S/C12H10BrClF3NO/c13-10-4-3-8(7-9(10)12(15,16)17)11(19)18-6-2-1-5-14/h1-4,7H,5-6H2,(H,18,19)/b2-1+. The molecule has 1 aromatic rings. The topological polar surface area (TPSA) is 29.1 Å². The fraction of sp³-hybridized carbons (Fsp3) is 0.250. The van der Waals surface area contributed by atoms with E-state index in [1.54, 1.807) is 12.2 Å². The second-order valence-corrected chi connectivity index (χ2v) is 4.69. The highest BCUT2D eigenvalue weighted by Gasteiger charge is 2.33. The lowest BCUT2D eigenvalue weighted by Gasteiger charge is -2.10. The van der Waals surface area contributed by atoms with E-state index in [1.807, 2.05) is 0 Å². The van der Waals surface area contributed by atoms with Gasteiger partial charge in [0, 0.05) is 22.5 Å². The number of rotatable bonds is 4. The molecule has 0 aliphatic carbocycles. The third-order valence-corrected chi connectivity index (χ3v) is 3.04. The lowest BCUT2D eigenvalue weighted by Crippen LogP contribution is -2.23. The van der Waals surface area contributed by atoms with E-state index in [4.69, 9.17) is 11.6 Å². The maximum Gasteiger partial charge on any atom is 0.417 e. The molecule has 0 bridgehead atoms. The predicted octanol–water partition coefficient (Wildman–Crippen LogP) is 3.99. The largest absolute Gasteiger partial charge is 0.417 e. The van der Waals surface area contributed by atoms with Gasteiger partial charge in [-0.25, -0.2) is 0 Å². The highest BCUT2D eigenvalue weighted by Crippen LogP contribution is 2.35. The summed E-state index contributed by atoms with van der Waals surface area (Å²) in [6.07, 6.45) is -1.26. The Balaban J connectivity index is 2.84. The van der Waals surface area contributed by atoms with Crippen molar-refractivity contribution in [2.45, 2.75) is 6.18 Å². The number of carbonyl (C=O) groups excluding carboxylic acids is 1. The number of hydrogen-bond donors (Lipinski definition) is 1. The molecule has 0 saturated carbocycles. The molecule has 1 rings (SSSR count). The van der Waals surface area contributed by atoms with Gasteiger partial charge in [-0.2, -0.15) is 13.2 Å². The molecule has 2 nitrogen and oxygen atoms in total. The van der Waals surface area contributed by atoms with Crippen molar-refractivity contribution in [2.24, 2.45) is 0 Å². The van der Waals surface area contributed by atoms with Gasteiger partial charge in [0.05, 0.1) is 5.56 Å². The molecule has 19 heavy (non-hydrogen) atoms. The van der Waals surface area contributed by atoms with Gasteiger partial charge >= 0.3 is 6.18 Å². The Hall–Kier alpha value is -1.01. The van der Waals surface area contributed by atoms with Crippen LogP contribution in [0.15, 0.2) is 34.8 Å². The zero-order chi connectivity index (χ0) is 14.5. The van der Waals surface area contributed by atoms with E-state index in [0.29, 0.717) is 5.88 Å². The van der Waals surface area contributed by atoms with Crippen molar-refractivity contribution < 1.29 is 18.0 Å². The van der Waals surface area contributed by atoms with Crippen molar-refractivity contribution in [2.75, 3.05) is 12.4 Å². The number of nitrogens with one attached hydrogen (secondary N) is 1. The zero-order valence-electron chi connectivity index (χ0n) is 9.60. The average molecular weight is 357 g/mol. The lowest BCUT2D eigenvalue weighted by molar-refractivity contribution is -0.138. The monoisotopic (exact) mass is 355 g/mol. The fourth-order valence-corrected chi connectivity index (χ4v) is 1.88. The van der Waals surface area contributed by atoms with Crippen LogP contribution in [0.3, 0.4) is 0 Å².